The Labute approximate surface area is 173 Å². The molecule has 0 amide bonds. The Kier molecular flexibility index (Phi) is 6.94. The Bertz CT molecular complexity index is 917. The lowest BCUT2D eigenvalue weighted by Crippen LogP contribution is -2.19. The Morgan fingerprint density at radius 3 is 2.53 bits per heavy atom. The van der Waals surface area contributed by atoms with Gasteiger partial charge in [0.2, 0.25) is 0 Å². The van der Waals surface area contributed by atoms with Gasteiger partial charge in [0, 0.05) is 5.56 Å². The number of aryl methyl sites for hydroxylation is 1. The molecule has 1 aromatic heterocycles. The quantitative estimate of drug-likeness (QED) is 0.678. The molecule has 162 valence electrons. The second-order valence-electron chi connectivity index (χ2n) is 7.03. The van der Waals surface area contributed by atoms with E-state index in [9.17, 15) is 13.6 Å². The average molecular weight is 421 g/mol. The van der Waals surface area contributed by atoms with Crippen molar-refractivity contribution in [3.8, 4) is 0 Å². The standard InChI is InChI=1S/C21H25F2N3O4/c1-11-14(6-5-7-15(11)19(22)23)12(2)24-20-18(21-29-8-9-30-21)16(10-17(27)28-4)25-13(3)26-20/h5-7,12,19,21H,8-10H2,1-4H3,(H,24,25,26)/t12-/m1/s1. The molecule has 0 radical (unpaired) electrons. The summed E-state index contributed by atoms with van der Waals surface area (Å²) < 4.78 is 42.7. The van der Waals surface area contributed by atoms with E-state index in [4.69, 9.17) is 14.2 Å². The molecule has 1 aromatic carbocycles. The molecule has 3 rings (SSSR count). The number of nitrogens with zero attached hydrogens (tertiary/aromatic N) is 2. The van der Waals surface area contributed by atoms with Crippen molar-refractivity contribution in [1.82, 2.24) is 9.97 Å². The van der Waals surface area contributed by atoms with Crippen LogP contribution in [0.25, 0.3) is 0 Å². The number of ether oxygens (including phenoxy) is 3. The lowest BCUT2D eigenvalue weighted by molar-refractivity contribution is -0.139. The average Bonchev–Trinajstić information content (AvgIpc) is 3.21. The van der Waals surface area contributed by atoms with Gasteiger partial charge in [0.1, 0.15) is 11.6 Å². The van der Waals surface area contributed by atoms with E-state index in [-0.39, 0.29) is 18.0 Å². The van der Waals surface area contributed by atoms with E-state index in [0.717, 1.165) is 5.56 Å². The van der Waals surface area contributed by atoms with E-state index in [1.165, 1.54) is 13.2 Å². The number of nitrogens with one attached hydrogen (secondary N) is 1. The summed E-state index contributed by atoms with van der Waals surface area (Å²) in [5.41, 5.74) is 2.18. The molecule has 1 atom stereocenters. The summed E-state index contributed by atoms with van der Waals surface area (Å²) in [7, 11) is 1.30. The summed E-state index contributed by atoms with van der Waals surface area (Å²) in [6.07, 6.45) is -3.35. The monoisotopic (exact) mass is 421 g/mol. The summed E-state index contributed by atoms with van der Waals surface area (Å²) in [6.45, 7) is 6.04. The minimum absolute atomic E-state index is 0.00548. The zero-order chi connectivity index (χ0) is 21.8. The molecule has 0 bridgehead atoms. The van der Waals surface area contributed by atoms with Crippen molar-refractivity contribution < 1.29 is 27.8 Å². The van der Waals surface area contributed by atoms with E-state index < -0.39 is 18.7 Å². The molecule has 0 unspecified atom stereocenters. The summed E-state index contributed by atoms with van der Waals surface area (Å²) in [4.78, 5) is 20.8. The summed E-state index contributed by atoms with van der Waals surface area (Å²) >= 11 is 0. The van der Waals surface area contributed by atoms with Gasteiger partial charge in [-0.3, -0.25) is 4.79 Å². The highest BCUT2D eigenvalue weighted by atomic mass is 19.3. The summed E-state index contributed by atoms with van der Waals surface area (Å²) in [6, 6.07) is 4.49. The molecule has 2 aromatic rings. The molecule has 30 heavy (non-hydrogen) atoms. The number of hydrogen-bond donors (Lipinski definition) is 1. The van der Waals surface area contributed by atoms with Gasteiger partial charge in [0.05, 0.1) is 44.0 Å². The van der Waals surface area contributed by atoms with Crippen LogP contribution in [-0.4, -0.2) is 36.3 Å². The number of aromatic nitrogens is 2. The molecular weight excluding hydrogens is 396 g/mol. The maximum absolute atomic E-state index is 13.3. The molecule has 1 saturated heterocycles. The molecule has 1 fully saturated rings. The second-order valence-corrected chi connectivity index (χ2v) is 7.03. The maximum atomic E-state index is 13.3. The fraction of sp³-hybridized carbons (Fsp3) is 0.476. The number of benzene rings is 1. The zero-order valence-corrected chi connectivity index (χ0v) is 17.4. The molecule has 1 aliphatic heterocycles. The van der Waals surface area contributed by atoms with Crippen LogP contribution in [0, 0.1) is 13.8 Å². The number of esters is 1. The van der Waals surface area contributed by atoms with Crippen LogP contribution in [0.15, 0.2) is 18.2 Å². The first-order chi connectivity index (χ1) is 14.3. The van der Waals surface area contributed by atoms with Crippen LogP contribution in [0.5, 0.6) is 0 Å². The van der Waals surface area contributed by atoms with Gasteiger partial charge in [-0.05, 0) is 31.9 Å². The minimum atomic E-state index is -2.55. The first-order valence-electron chi connectivity index (χ1n) is 9.63. The number of carbonyl (C=O) groups excluding carboxylic acids is 1. The third-order valence-corrected chi connectivity index (χ3v) is 5.01. The van der Waals surface area contributed by atoms with Crippen LogP contribution in [0.1, 0.15) is 59.5 Å². The van der Waals surface area contributed by atoms with Crippen molar-refractivity contribution in [2.24, 2.45) is 0 Å². The molecule has 7 nitrogen and oxygen atoms in total. The van der Waals surface area contributed by atoms with Crippen LogP contribution < -0.4 is 5.32 Å². The smallest absolute Gasteiger partial charge is 0.311 e. The first kappa shape index (κ1) is 22.0. The van der Waals surface area contributed by atoms with Crippen molar-refractivity contribution in [3.05, 3.63) is 52.0 Å². The van der Waals surface area contributed by atoms with Crippen LogP contribution in [-0.2, 0) is 25.4 Å². The first-order valence-corrected chi connectivity index (χ1v) is 9.63. The SMILES string of the molecule is COC(=O)Cc1nc(C)nc(N[C@H](C)c2cccc(C(F)F)c2C)c1C1OCCO1. The van der Waals surface area contributed by atoms with Crippen molar-refractivity contribution in [1.29, 1.82) is 0 Å². The van der Waals surface area contributed by atoms with E-state index >= 15 is 0 Å². The number of carbonyl (C=O) groups is 1. The zero-order valence-electron chi connectivity index (χ0n) is 17.4. The lowest BCUT2D eigenvalue weighted by Gasteiger charge is -2.23. The van der Waals surface area contributed by atoms with Crippen LogP contribution in [0.2, 0.25) is 0 Å². The van der Waals surface area contributed by atoms with Gasteiger partial charge < -0.3 is 19.5 Å². The number of hydrogen-bond acceptors (Lipinski definition) is 7. The molecule has 9 heteroatoms. The Hall–Kier alpha value is -2.65. The third kappa shape index (κ3) is 4.73. The van der Waals surface area contributed by atoms with Gasteiger partial charge in [0.15, 0.2) is 6.29 Å². The van der Waals surface area contributed by atoms with Crippen LogP contribution in [0.3, 0.4) is 0 Å². The fourth-order valence-corrected chi connectivity index (χ4v) is 3.53. The molecule has 0 spiro atoms. The van der Waals surface area contributed by atoms with Crippen LogP contribution in [0.4, 0.5) is 14.6 Å². The van der Waals surface area contributed by atoms with Crippen molar-refractivity contribution in [3.63, 3.8) is 0 Å². The molecular formula is C21H25F2N3O4. The van der Waals surface area contributed by atoms with Gasteiger partial charge in [0.25, 0.3) is 6.43 Å². The normalized spacial score (nSPS) is 15.4. The second kappa shape index (κ2) is 9.44. The van der Waals surface area contributed by atoms with Gasteiger partial charge in [-0.25, -0.2) is 18.7 Å². The fourth-order valence-electron chi connectivity index (χ4n) is 3.53. The van der Waals surface area contributed by atoms with Gasteiger partial charge >= 0.3 is 5.97 Å². The van der Waals surface area contributed by atoms with Crippen molar-refractivity contribution >= 4 is 11.8 Å². The minimum Gasteiger partial charge on any atom is -0.469 e. The van der Waals surface area contributed by atoms with Crippen molar-refractivity contribution in [2.75, 3.05) is 25.6 Å². The number of methoxy groups -OCH3 is 1. The Balaban J connectivity index is 2.00. The molecule has 0 saturated carbocycles. The third-order valence-electron chi connectivity index (χ3n) is 5.01. The summed E-state index contributed by atoms with van der Waals surface area (Å²) in [5.74, 6) is 0.429. The maximum Gasteiger partial charge on any atom is 0.311 e. The topological polar surface area (TPSA) is 82.6 Å². The van der Waals surface area contributed by atoms with Gasteiger partial charge in [-0.2, -0.15) is 0 Å². The molecule has 2 heterocycles. The predicted octanol–water partition coefficient (Wildman–Crippen LogP) is 3.97. The number of halogens is 2. The Morgan fingerprint density at radius 1 is 1.23 bits per heavy atom. The number of rotatable bonds is 7. The molecule has 1 aliphatic rings. The lowest BCUT2D eigenvalue weighted by atomic mass is 9.97. The van der Waals surface area contributed by atoms with Crippen molar-refractivity contribution in [2.45, 2.75) is 45.9 Å². The highest BCUT2D eigenvalue weighted by Crippen LogP contribution is 2.35. The highest BCUT2D eigenvalue weighted by molar-refractivity contribution is 5.73. The highest BCUT2D eigenvalue weighted by Gasteiger charge is 2.29. The predicted molar refractivity (Wildman–Crippen MR) is 105 cm³/mol. The van der Waals surface area contributed by atoms with Gasteiger partial charge in [-0.1, -0.05) is 18.2 Å². The van der Waals surface area contributed by atoms with E-state index in [1.807, 2.05) is 6.92 Å². The van der Waals surface area contributed by atoms with Gasteiger partial charge in [-0.15, -0.1) is 0 Å². The van der Waals surface area contributed by atoms with E-state index in [1.54, 1.807) is 26.0 Å². The van der Waals surface area contributed by atoms with E-state index in [2.05, 4.69) is 15.3 Å². The van der Waals surface area contributed by atoms with E-state index in [0.29, 0.717) is 41.7 Å². The van der Waals surface area contributed by atoms with Crippen LogP contribution >= 0.6 is 0 Å². The summed E-state index contributed by atoms with van der Waals surface area (Å²) in [5, 5.41) is 3.28. The Morgan fingerprint density at radius 2 is 1.90 bits per heavy atom. The number of alkyl halides is 2. The largest absolute Gasteiger partial charge is 0.469 e. The number of anilines is 1. The molecule has 0 aliphatic carbocycles. The molecule has 1 N–H and O–H groups in total.